The van der Waals surface area contributed by atoms with E-state index in [-0.39, 0.29) is 0 Å². The summed E-state index contributed by atoms with van der Waals surface area (Å²) in [5.74, 6) is 0. The lowest BCUT2D eigenvalue weighted by molar-refractivity contribution is 0.566. The standard InChI is InChI=1S/C19H30N2O/c1-2-3-4-5-6-7-8-9-14-21-15-10-11-17-16-18(20-22)12-13-19(17)21/h12-13,16H,2-11,14-15H2,1H3. The minimum absolute atomic E-state index is 0.563. The molecule has 3 heteroatoms. The van der Waals surface area contributed by atoms with Crippen LogP contribution < -0.4 is 4.90 Å². The molecule has 3 nitrogen and oxygen atoms in total. The van der Waals surface area contributed by atoms with E-state index in [2.05, 4.69) is 23.1 Å². The largest absolute Gasteiger partial charge is 0.371 e. The van der Waals surface area contributed by atoms with Gasteiger partial charge in [0.15, 0.2) is 0 Å². The average Bonchev–Trinajstić information content (AvgIpc) is 2.56. The van der Waals surface area contributed by atoms with E-state index >= 15 is 0 Å². The third-order valence-electron chi connectivity index (χ3n) is 4.66. The van der Waals surface area contributed by atoms with Crippen LogP contribution in [0.3, 0.4) is 0 Å². The van der Waals surface area contributed by atoms with Gasteiger partial charge in [0.1, 0.15) is 5.69 Å². The Morgan fingerprint density at radius 1 is 1.05 bits per heavy atom. The highest BCUT2D eigenvalue weighted by atomic mass is 16.3. The van der Waals surface area contributed by atoms with Gasteiger partial charge in [-0.1, -0.05) is 51.9 Å². The summed E-state index contributed by atoms with van der Waals surface area (Å²) in [6.45, 7) is 4.57. The van der Waals surface area contributed by atoms with Gasteiger partial charge in [0.05, 0.1) is 0 Å². The van der Waals surface area contributed by atoms with E-state index in [1.807, 2.05) is 12.1 Å². The van der Waals surface area contributed by atoms with E-state index in [0.29, 0.717) is 5.69 Å². The highest BCUT2D eigenvalue weighted by Crippen LogP contribution is 2.30. The first-order valence-electron chi connectivity index (χ1n) is 9.06. The van der Waals surface area contributed by atoms with Crippen LogP contribution in [0.4, 0.5) is 11.4 Å². The molecule has 0 amide bonds. The van der Waals surface area contributed by atoms with E-state index < -0.39 is 0 Å². The molecular formula is C19H30N2O. The number of anilines is 1. The van der Waals surface area contributed by atoms with Gasteiger partial charge in [-0.15, -0.1) is 4.91 Å². The van der Waals surface area contributed by atoms with Gasteiger partial charge in [-0.2, -0.15) is 0 Å². The van der Waals surface area contributed by atoms with Gasteiger partial charge in [0, 0.05) is 18.8 Å². The van der Waals surface area contributed by atoms with E-state index in [9.17, 15) is 4.91 Å². The molecule has 2 rings (SSSR count). The number of rotatable bonds is 10. The molecule has 0 spiro atoms. The van der Waals surface area contributed by atoms with Gasteiger partial charge in [-0.05, 0) is 48.2 Å². The summed E-state index contributed by atoms with van der Waals surface area (Å²) in [6, 6.07) is 5.89. The Labute approximate surface area is 135 Å². The average molecular weight is 302 g/mol. The van der Waals surface area contributed by atoms with Crippen molar-refractivity contribution in [3.8, 4) is 0 Å². The van der Waals surface area contributed by atoms with Gasteiger partial charge in [0.25, 0.3) is 0 Å². The van der Waals surface area contributed by atoms with Crippen LogP contribution in [0.1, 0.15) is 70.3 Å². The summed E-state index contributed by atoms with van der Waals surface area (Å²) in [4.78, 5) is 13.1. The normalized spacial score (nSPS) is 14.0. The van der Waals surface area contributed by atoms with Crippen LogP contribution in [0.25, 0.3) is 0 Å². The maximum Gasteiger partial charge on any atom is 0.108 e. The lowest BCUT2D eigenvalue weighted by Crippen LogP contribution is -2.30. The first-order valence-corrected chi connectivity index (χ1v) is 9.06. The third-order valence-corrected chi connectivity index (χ3v) is 4.66. The third kappa shape index (κ3) is 5.11. The molecule has 0 aliphatic carbocycles. The van der Waals surface area contributed by atoms with Crippen LogP contribution >= 0.6 is 0 Å². The van der Waals surface area contributed by atoms with Gasteiger partial charge < -0.3 is 4.90 Å². The number of nitroso groups, excluding NO2 is 1. The zero-order valence-corrected chi connectivity index (χ0v) is 14.0. The van der Waals surface area contributed by atoms with Gasteiger partial charge in [-0.3, -0.25) is 0 Å². The highest BCUT2D eigenvalue weighted by Gasteiger charge is 2.16. The molecule has 22 heavy (non-hydrogen) atoms. The monoisotopic (exact) mass is 302 g/mol. The molecule has 0 saturated carbocycles. The Bertz CT molecular complexity index is 459. The summed E-state index contributed by atoms with van der Waals surface area (Å²) >= 11 is 0. The molecule has 0 aromatic heterocycles. The first kappa shape index (κ1) is 17.0. The summed E-state index contributed by atoms with van der Waals surface area (Å²) in [7, 11) is 0. The van der Waals surface area contributed by atoms with Gasteiger partial charge >= 0.3 is 0 Å². The summed E-state index contributed by atoms with van der Waals surface area (Å²) in [5, 5.41) is 3.05. The van der Waals surface area contributed by atoms with Gasteiger partial charge in [-0.25, -0.2) is 0 Å². The van der Waals surface area contributed by atoms with Crippen molar-refractivity contribution in [2.75, 3.05) is 18.0 Å². The molecule has 1 heterocycles. The molecule has 0 radical (unpaired) electrons. The quantitative estimate of drug-likeness (QED) is 0.393. The number of aryl methyl sites for hydroxylation is 1. The predicted molar refractivity (Wildman–Crippen MR) is 95.0 cm³/mol. The number of benzene rings is 1. The first-order chi connectivity index (χ1) is 10.8. The molecule has 0 saturated heterocycles. The molecular weight excluding hydrogens is 272 g/mol. The zero-order valence-electron chi connectivity index (χ0n) is 14.0. The van der Waals surface area contributed by atoms with Crippen molar-refractivity contribution in [2.45, 2.75) is 71.1 Å². The van der Waals surface area contributed by atoms with Crippen LogP contribution in [0.15, 0.2) is 23.4 Å². The minimum Gasteiger partial charge on any atom is -0.371 e. The molecule has 0 bridgehead atoms. The van der Waals surface area contributed by atoms with Crippen molar-refractivity contribution >= 4 is 11.4 Å². The van der Waals surface area contributed by atoms with E-state index in [1.165, 1.54) is 69.0 Å². The fraction of sp³-hybridized carbons (Fsp3) is 0.684. The smallest absolute Gasteiger partial charge is 0.108 e. The molecule has 0 fully saturated rings. The summed E-state index contributed by atoms with van der Waals surface area (Å²) in [6.07, 6.45) is 13.2. The molecule has 0 N–H and O–H groups in total. The lowest BCUT2D eigenvalue weighted by Gasteiger charge is -2.31. The maximum absolute atomic E-state index is 10.6. The molecule has 1 aliphatic rings. The molecule has 1 aliphatic heterocycles. The maximum atomic E-state index is 10.6. The Morgan fingerprint density at radius 3 is 2.50 bits per heavy atom. The minimum atomic E-state index is 0.563. The molecule has 1 aromatic rings. The lowest BCUT2D eigenvalue weighted by atomic mass is 10.0. The number of hydrogen-bond acceptors (Lipinski definition) is 3. The van der Waals surface area contributed by atoms with Crippen LogP contribution in [-0.2, 0) is 6.42 Å². The molecule has 1 aromatic carbocycles. The van der Waals surface area contributed by atoms with Crippen molar-refractivity contribution in [1.82, 2.24) is 0 Å². The van der Waals surface area contributed by atoms with Crippen molar-refractivity contribution < 1.29 is 0 Å². The van der Waals surface area contributed by atoms with Gasteiger partial charge in [0.2, 0.25) is 0 Å². The Morgan fingerprint density at radius 2 is 1.77 bits per heavy atom. The van der Waals surface area contributed by atoms with E-state index in [4.69, 9.17) is 0 Å². The van der Waals surface area contributed by atoms with E-state index in [0.717, 1.165) is 19.5 Å². The predicted octanol–water partition coefficient (Wildman–Crippen LogP) is 5.98. The van der Waals surface area contributed by atoms with Crippen LogP contribution in [-0.4, -0.2) is 13.1 Å². The highest BCUT2D eigenvalue weighted by molar-refractivity contribution is 5.60. The van der Waals surface area contributed by atoms with E-state index in [1.54, 1.807) is 0 Å². The zero-order chi connectivity index (χ0) is 15.6. The molecule has 122 valence electrons. The summed E-state index contributed by atoms with van der Waals surface area (Å²) in [5.41, 5.74) is 3.18. The number of nitrogens with zero attached hydrogens (tertiary/aromatic N) is 2. The molecule has 0 unspecified atom stereocenters. The van der Waals surface area contributed by atoms with Crippen molar-refractivity contribution in [2.24, 2.45) is 5.18 Å². The fourth-order valence-electron chi connectivity index (χ4n) is 3.39. The topological polar surface area (TPSA) is 32.7 Å². The van der Waals surface area contributed by atoms with Crippen LogP contribution in [0.5, 0.6) is 0 Å². The molecule has 0 atom stereocenters. The second kappa shape index (κ2) is 9.60. The van der Waals surface area contributed by atoms with Crippen molar-refractivity contribution in [1.29, 1.82) is 0 Å². The SMILES string of the molecule is CCCCCCCCCCN1CCCc2cc(N=O)ccc21. The summed E-state index contributed by atoms with van der Waals surface area (Å²) < 4.78 is 0. The Balaban J connectivity index is 1.70. The fourth-order valence-corrected chi connectivity index (χ4v) is 3.39. The van der Waals surface area contributed by atoms with Crippen molar-refractivity contribution in [3.63, 3.8) is 0 Å². The Kier molecular flexibility index (Phi) is 7.41. The second-order valence-electron chi connectivity index (χ2n) is 6.47. The van der Waals surface area contributed by atoms with Crippen LogP contribution in [0.2, 0.25) is 0 Å². The van der Waals surface area contributed by atoms with Crippen LogP contribution in [0, 0.1) is 4.91 Å². The second-order valence-corrected chi connectivity index (χ2v) is 6.47. The Hall–Kier alpha value is -1.38. The number of hydrogen-bond donors (Lipinski definition) is 0. The number of unbranched alkanes of at least 4 members (excludes halogenated alkanes) is 7. The number of fused-ring (bicyclic) bond motifs is 1. The van der Waals surface area contributed by atoms with Crippen molar-refractivity contribution in [3.05, 3.63) is 28.7 Å².